The molecule has 3 aliphatic rings. The number of rotatable bonds is 8. The van der Waals surface area contributed by atoms with E-state index >= 15 is 0 Å². The molecule has 298 valence electrons. The number of cyclic esters (lactones) is 1. The van der Waals surface area contributed by atoms with Gasteiger partial charge < -0.3 is 40.1 Å². The molecule has 9 unspecified atom stereocenters. The summed E-state index contributed by atoms with van der Waals surface area (Å²) in [6.07, 6.45) is 1.74. The maximum Gasteiger partial charge on any atom is 0.329 e. The van der Waals surface area contributed by atoms with Crippen LogP contribution >= 0.6 is 0 Å². The first-order valence-corrected chi connectivity index (χ1v) is 19.2. The number of fused-ring (bicyclic) bond motifs is 2. The van der Waals surface area contributed by atoms with Crippen LogP contribution < -0.4 is 20.7 Å². The van der Waals surface area contributed by atoms with Crippen LogP contribution in [0.1, 0.15) is 85.6 Å². The molecule has 3 fully saturated rings. The second kappa shape index (κ2) is 18.6. The van der Waals surface area contributed by atoms with Crippen molar-refractivity contribution < 1.29 is 43.0 Å². The molecule has 1 aromatic carbocycles. The van der Waals surface area contributed by atoms with Crippen molar-refractivity contribution in [3.63, 3.8) is 0 Å². The standard InChI is InChI=1S/C39H58N6O9/c1-9-22(3)31-38(51)45-20-12-14-29(45)37(50)44-19-11-13-28(44)36(49)43(7)30(21-26-15-17-27(53-8)18-16-26)34(47)42-32(23(4)10-2)39(52)54-24(5)33(35(48)41-31)40-25(6)46/h15-18,22-24,28-33H,9-14,19-21H2,1-8H3,(H,40,46)(H,41,48)(H,42,47). The third kappa shape index (κ3) is 9.51. The van der Waals surface area contributed by atoms with Gasteiger partial charge in [-0.05, 0) is 62.1 Å². The highest BCUT2D eigenvalue weighted by molar-refractivity contribution is 5.98. The van der Waals surface area contributed by atoms with E-state index in [1.165, 1.54) is 35.6 Å². The van der Waals surface area contributed by atoms with E-state index in [9.17, 15) is 33.6 Å². The van der Waals surface area contributed by atoms with Crippen molar-refractivity contribution in [2.75, 3.05) is 27.2 Å². The number of hydrogen-bond donors (Lipinski definition) is 3. The van der Waals surface area contributed by atoms with Gasteiger partial charge in [0, 0.05) is 33.5 Å². The Morgan fingerprint density at radius 1 is 0.852 bits per heavy atom. The smallest absolute Gasteiger partial charge is 0.329 e. The third-order valence-electron chi connectivity index (χ3n) is 11.3. The van der Waals surface area contributed by atoms with E-state index in [-0.39, 0.29) is 24.8 Å². The molecular formula is C39H58N6O9. The fourth-order valence-corrected chi connectivity index (χ4v) is 7.51. The zero-order valence-corrected chi connectivity index (χ0v) is 32.9. The van der Waals surface area contributed by atoms with Gasteiger partial charge in [-0.3, -0.25) is 28.8 Å². The van der Waals surface area contributed by atoms with Crippen LogP contribution in [0.2, 0.25) is 0 Å². The molecule has 3 saturated heterocycles. The summed E-state index contributed by atoms with van der Waals surface area (Å²) < 4.78 is 11.1. The number of nitrogens with one attached hydrogen (secondary N) is 3. The SMILES string of the molecule is CCC(C)C1NC(=O)C(Cc2ccc(OC)cc2)N(C)C(=O)C2CCCN2C(=O)C2CCCN2C(=O)C(C(C)CC)NC(=O)C(NC(C)=O)C(C)OC1=O. The van der Waals surface area contributed by atoms with Crippen LogP contribution in [0.5, 0.6) is 5.75 Å². The van der Waals surface area contributed by atoms with Crippen LogP contribution in [0.15, 0.2) is 24.3 Å². The largest absolute Gasteiger partial charge is 0.497 e. The molecule has 0 bridgehead atoms. The number of methoxy groups -OCH3 is 1. The Morgan fingerprint density at radius 2 is 1.39 bits per heavy atom. The first-order valence-electron chi connectivity index (χ1n) is 19.2. The first kappa shape index (κ1) is 42.1. The Balaban J connectivity index is 1.82. The zero-order valence-electron chi connectivity index (χ0n) is 32.9. The van der Waals surface area contributed by atoms with Crippen LogP contribution in [-0.2, 0) is 44.7 Å². The van der Waals surface area contributed by atoms with Crippen LogP contribution in [-0.4, -0.2) is 126 Å². The monoisotopic (exact) mass is 754 g/mol. The number of benzene rings is 1. The van der Waals surface area contributed by atoms with E-state index in [1.54, 1.807) is 38.3 Å². The van der Waals surface area contributed by atoms with Crippen molar-refractivity contribution in [3.8, 4) is 5.75 Å². The van der Waals surface area contributed by atoms with Gasteiger partial charge in [0.1, 0.15) is 48.1 Å². The summed E-state index contributed by atoms with van der Waals surface area (Å²) in [6.45, 7) is 10.6. The lowest BCUT2D eigenvalue weighted by atomic mass is 9.96. The summed E-state index contributed by atoms with van der Waals surface area (Å²) in [5, 5.41) is 8.22. The number of ether oxygens (including phenoxy) is 2. The molecule has 4 rings (SSSR count). The summed E-state index contributed by atoms with van der Waals surface area (Å²) in [7, 11) is 3.07. The summed E-state index contributed by atoms with van der Waals surface area (Å²) >= 11 is 0. The van der Waals surface area contributed by atoms with Gasteiger partial charge >= 0.3 is 5.97 Å². The highest BCUT2D eigenvalue weighted by atomic mass is 16.5. The van der Waals surface area contributed by atoms with Crippen molar-refractivity contribution >= 4 is 41.4 Å². The van der Waals surface area contributed by atoms with E-state index in [4.69, 9.17) is 9.47 Å². The Labute approximate surface area is 318 Å². The lowest BCUT2D eigenvalue weighted by molar-refractivity contribution is -0.158. The molecule has 0 aliphatic carbocycles. The molecular weight excluding hydrogens is 696 g/mol. The number of hydrogen-bond acceptors (Lipinski definition) is 9. The summed E-state index contributed by atoms with van der Waals surface area (Å²) in [6, 6.07) is 0.658. The number of nitrogens with zero attached hydrogens (tertiary/aromatic N) is 3. The molecule has 9 atom stereocenters. The van der Waals surface area contributed by atoms with E-state index in [0.29, 0.717) is 50.8 Å². The molecule has 3 aliphatic heterocycles. The molecule has 0 aromatic heterocycles. The van der Waals surface area contributed by atoms with Crippen molar-refractivity contribution in [1.29, 1.82) is 0 Å². The third-order valence-corrected chi connectivity index (χ3v) is 11.3. The van der Waals surface area contributed by atoms with E-state index in [2.05, 4.69) is 16.0 Å². The molecule has 54 heavy (non-hydrogen) atoms. The van der Waals surface area contributed by atoms with Crippen molar-refractivity contribution in [2.45, 2.75) is 129 Å². The average Bonchev–Trinajstić information content (AvgIpc) is 3.86. The lowest BCUT2D eigenvalue weighted by Crippen LogP contribution is -2.61. The summed E-state index contributed by atoms with van der Waals surface area (Å²) in [5.74, 6) is -4.13. The molecule has 3 N–H and O–H groups in total. The number of likely N-dealkylation sites (N-methyl/N-ethyl adjacent to an activating group) is 1. The van der Waals surface area contributed by atoms with Crippen molar-refractivity contribution in [2.24, 2.45) is 11.8 Å². The fraction of sp³-hybridized carbons (Fsp3) is 0.667. The molecule has 3 heterocycles. The predicted molar refractivity (Wildman–Crippen MR) is 199 cm³/mol. The topological polar surface area (TPSA) is 184 Å². The predicted octanol–water partition coefficient (Wildman–Crippen LogP) is 1.56. The average molecular weight is 755 g/mol. The van der Waals surface area contributed by atoms with E-state index < -0.39 is 83.8 Å². The fourth-order valence-electron chi connectivity index (χ4n) is 7.51. The molecule has 6 amide bonds. The Bertz CT molecular complexity index is 1550. The van der Waals surface area contributed by atoms with Crippen LogP contribution in [0.25, 0.3) is 0 Å². The van der Waals surface area contributed by atoms with Crippen LogP contribution in [0.3, 0.4) is 0 Å². The van der Waals surface area contributed by atoms with Crippen LogP contribution in [0, 0.1) is 11.8 Å². The molecule has 15 heteroatoms. The van der Waals surface area contributed by atoms with E-state index in [1.807, 2.05) is 20.8 Å². The summed E-state index contributed by atoms with van der Waals surface area (Å²) in [5.41, 5.74) is 0.727. The maximum atomic E-state index is 14.4. The highest BCUT2D eigenvalue weighted by Gasteiger charge is 2.46. The van der Waals surface area contributed by atoms with Gasteiger partial charge in [-0.15, -0.1) is 0 Å². The Hall–Kier alpha value is -4.69. The second-order valence-corrected chi connectivity index (χ2v) is 15.0. The quantitative estimate of drug-likeness (QED) is 0.332. The molecule has 1 aromatic rings. The summed E-state index contributed by atoms with van der Waals surface area (Å²) in [4.78, 5) is 102. The van der Waals surface area contributed by atoms with E-state index in [0.717, 1.165) is 5.56 Å². The minimum absolute atomic E-state index is 0.0874. The van der Waals surface area contributed by atoms with Gasteiger partial charge in [-0.25, -0.2) is 4.79 Å². The lowest BCUT2D eigenvalue weighted by Gasteiger charge is -2.36. The maximum absolute atomic E-state index is 14.4. The second-order valence-electron chi connectivity index (χ2n) is 15.0. The highest BCUT2D eigenvalue weighted by Crippen LogP contribution is 2.28. The number of esters is 1. The van der Waals surface area contributed by atoms with Crippen LogP contribution in [0.4, 0.5) is 0 Å². The first-order chi connectivity index (χ1) is 25.6. The Morgan fingerprint density at radius 3 is 1.94 bits per heavy atom. The zero-order chi connectivity index (χ0) is 39.9. The Kier molecular flexibility index (Phi) is 14.5. The molecule has 0 saturated carbocycles. The molecule has 0 spiro atoms. The minimum atomic E-state index is -1.38. The number of carbonyl (C=O) groups excluding carboxylic acids is 7. The molecule has 15 nitrogen and oxygen atoms in total. The van der Waals surface area contributed by atoms with Crippen molar-refractivity contribution in [3.05, 3.63) is 29.8 Å². The normalized spacial score (nSPS) is 28.8. The number of amides is 6. The minimum Gasteiger partial charge on any atom is -0.497 e. The van der Waals surface area contributed by atoms with Gasteiger partial charge in [0.15, 0.2) is 0 Å². The van der Waals surface area contributed by atoms with Gasteiger partial charge in [0.25, 0.3) is 0 Å². The van der Waals surface area contributed by atoms with Crippen molar-refractivity contribution in [1.82, 2.24) is 30.7 Å². The van der Waals surface area contributed by atoms with Gasteiger partial charge in [0.05, 0.1) is 7.11 Å². The molecule has 0 radical (unpaired) electrons. The number of carbonyl (C=O) groups is 7. The van der Waals surface area contributed by atoms with Gasteiger partial charge in [0.2, 0.25) is 35.4 Å². The van der Waals surface area contributed by atoms with Gasteiger partial charge in [-0.2, -0.15) is 0 Å². The van der Waals surface area contributed by atoms with Gasteiger partial charge in [-0.1, -0.05) is 52.7 Å².